The molecule has 0 aliphatic heterocycles. The van der Waals surface area contributed by atoms with Crippen molar-refractivity contribution in [1.82, 2.24) is 25.1 Å². The second kappa shape index (κ2) is 8.32. The maximum Gasteiger partial charge on any atom is 0.101 e. The summed E-state index contributed by atoms with van der Waals surface area (Å²) in [6, 6.07) is 31.0. The predicted octanol–water partition coefficient (Wildman–Crippen LogP) is 7.12. The number of hydrogen-bond donors (Lipinski definition) is 0. The lowest BCUT2D eigenvalue weighted by molar-refractivity contribution is 1.08. The van der Waals surface area contributed by atoms with E-state index in [4.69, 9.17) is 4.98 Å². The molecule has 0 saturated heterocycles. The summed E-state index contributed by atoms with van der Waals surface area (Å²) >= 11 is 0. The molecule has 0 unspecified atom stereocenters. The van der Waals surface area contributed by atoms with Crippen LogP contribution in [0.5, 0.6) is 0 Å². The molecular weight excluding hydrogens is 442 g/mol. The third-order valence-corrected chi connectivity index (χ3v) is 6.55. The van der Waals surface area contributed by atoms with E-state index in [2.05, 4.69) is 80.8 Å². The van der Waals surface area contributed by atoms with Gasteiger partial charge in [0, 0.05) is 51.4 Å². The van der Waals surface area contributed by atoms with Crippen LogP contribution >= 0.6 is 0 Å². The van der Waals surface area contributed by atoms with Crippen molar-refractivity contribution in [3.05, 3.63) is 116 Å². The molecular formula is C31H19N5. The second-order valence-electron chi connectivity index (χ2n) is 8.69. The maximum atomic E-state index is 4.82. The number of aromatic nitrogens is 5. The number of rotatable bonds is 3. The predicted molar refractivity (Wildman–Crippen MR) is 144 cm³/mol. The van der Waals surface area contributed by atoms with Crippen molar-refractivity contribution in [1.29, 1.82) is 0 Å². The van der Waals surface area contributed by atoms with Gasteiger partial charge < -0.3 is 0 Å². The van der Waals surface area contributed by atoms with Crippen LogP contribution < -0.4 is 0 Å². The van der Waals surface area contributed by atoms with Gasteiger partial charge in [-0.25, -0.2) is 0 Å². The Hall–Kier alpha value is -5.03. The Morgan fingerprint density at radius 1 is 0.444 bits per heavy atom. The summed E-state index contributed by atoms with van der Waals surface area (Å²) in [6.45, 7) is 0. The highest BCUT2D eigenvalue weighted by Gasteiger charge is 2.15. The molecule has 0 N–H and O–H groups in total. The smallest absolute Gasteiger partial charge is 0.101 e. The lowest BCUT2D eigenvalue weighted by atomic mass is 9.92. The van der Waals surface area contributed by atoms with Crippen LogP contribution in [0.2, 0.25) is 0 Å². The molecule has 0 amide bonds. The standard InChI is InChI=1S/C31H19N5/c1-2-14-32-28(8-1)25-12-11-22(18-27(25)26-7-3-5-21-13-16-35-36-29(21)26)24-17-23-10-9-20-6-4-15-33-30(20)31(23)34-19-24/h1-19H. The zero-order chi connectivity index (χ0) is 23.9. The quantitative estimate of drug-likeness (QED) is 0.262. The number of pyridine rings is 3. The highest BCUT2D eigenvalue weighted by Crippen LogP contribution is 2.38. The topological polar surface area (TPSA) is 64.5 Å². The van der Waals surface area contributed by atoms with Crippen LogP contribution in [0, 0.1) is 0 Å². The first kappa shape index (κ1) is 20.4. The van der Waals surface area contributed by atoms with Gasteiger partial charge in [0.15, 0.2) is 0 Å². The van der Waals surface area contributed by atoms with Gasteiger partial charge in [-0.3, -0.25) is 15.0 Å². The SMILES string of the molecule is c1ccc(-c2ccc(-c3cnc4c(ccc5cccnc54)c3)cc2-c2cccc3ccnnc23)nc1. The van der Waals surface area contributed by atoms with E-state index in [1.54, 1.807) is 6.20 Å². The maximum absolute atomic E-state index is 4.82. The third-order valence-electron chi connectivity index (χ3n) is 6.55. The summed E-state index contributed by atoms with van der Waals surface area (Å²) in [6.07, 6.45) is 7.29. The first-order valence-corrected chi connectivity index (χ1v) is 11.8. The fourth-order valence-corrected chi connectivity index (χ4v) is 4.82. The van der Waals surface area contributed by atoms with Crippen molar-refractivity contribution in [2.24, 2.45) is 0 Å². The molecule has 0 aliphatic rings. The van der Waals surface area contributed by atoms with E-state index in [1.165, 1.54) is 0 Å². The van der Waals surface area contributed by atoms with Crippen LogP contribution in [0.25, 0.3) is 66.2 Å². The number of benzene rings is 3. The Morgan fingerprint density at radius 2 is 1.31 bits per heavy atom. The van der Waals surface area contributed by atoms with Gasteiger partial charge in [-0.05, 0) is 47.5 Å². The summed E-state index contributed by atoms with van der Waals surface area (Å²) in [5.74, 6) is 0. The van der Waals surface area contributed by atoms with Gasteiger partial charge in [0.05, 0.1) is 22.9 Å². The van der Waals surface area contributed by atoms with Crippen LogP contribution in [0.1, 0.15) is 0 Å². The van der Waals surface area contributed by atoms with Crippen molar-refractivity contribution >= 4 is 32.7 Å². The van der Waals surface area contributed by atoms with Crippen LogP contribution in [0.3, 0.4) is 0 Å². The molecule has 4 heterocycles. The summed E-state index contributed by atoms with van der Waals surface area (Å²) in [4.78, 5) is 14.0. The fraction of sp³-hybridized carbons (Fsp3) is 0. The van der Waals surface area contributed by atoms with E-state index in [0.29, 0.717) is 0 Å². The molecule has 0 radical (unpaired) electrons. The van der Waals surface area contributed by atoms with Crippen molar-refractivity contribution in [2.75, 3.05) is 0 Å². The average molecular weight is 462 g/mol. The lowest BCUT2D eigenvalue weighted by Gasteiger charge is -2.14. The van der Waals surface area contributed by atoms with Gasteiger partial charge in [0.1, 0.15) is 5.52 Å². The number of fused-ring (bicyclic) bond motifs is 4. The Morgan fingerprint density at radius 3 is 2.25 bits per heavy atom. The number of hydrogen-bond acceptors (Lipinski definition) is 5. The highest BCUT2D eigenvalue weighted by atomic mass is 15.1. The van der Waals surface area contributed by atoms with E-state index < -0.39 is 0 Å². The summed E-state index contributed by atoms with van der Waals surface area (Å²) in [5, 5.41) is 11.8. The van der Waals surface area contributed by atoms with Crippen LogP contribution in [-0.4, -0.2) is 25.1 Å². The normalized spacial score (nSPS) is 11.3. The van der Waals surface area contributed by atoms with Crippen molar-refractivity contribution < 1.29 is 0 Å². The summed E-state index contributed by atoms with van der Waals surface area (Å²) in [7, 11) is 0. The summed E-state index contributed by atoms with van der Waals surface area (Å²) in [5.41, 5.74) is 8.83. The van der Waals surface area contributed by atoms with Gasteiger partial charge in [-0.15, -0.1) is 5.10 Å². The van der Waals surface area contributed by atoms with E-state index in [-0.39, 0.29) is 0 Å². The lowest BCUT2D eigenvalue weighted by Crippen LogP contribution is -1.93. The van der Waals surface area contributed by atoms with Gasteiger partial charge in [0.25, 0.3) is 0 Å². The van der Waals surface area contributed by atoms with Crippen molar-refractivity contribution in [2.45, 2.75) is 0 Å². The molecule has 168 valence electrons. The number of nitrogens with zero attached hydrogens (tertiary/aromatic N) is 5. The Balaban J connectivity index is 1.45. The first-order valence-electron chi connectivity index (χ1n) is 11.8. The average Bonchev–Trinajstić information content (AvgIpc) is 2.96. The molecule has 4 aromatic heterocycles. The first-order chi connectivity index (χ1) is 17.8. The van der Waals surface area contributed by atoms with Crippen LogP contribution in [-0.2, 0) is 0 Å². The summed E-state index contributed by atoms with van der Waals surface area (Å²) < 4.78 is 0. The zero-order valence-corrected chi connectivity index (χ0v) is 19.2. The van der Waals surface area contributed by atoms with Crippen LogP contribution in [0.4, 0.5) is 0 Å². The molecule has 5 nitrogen and oxygen atoms in total. The minimum atomic E-state index is 0.864. The van der Waals surface area contributed by atoms with E-state index in [9.17, 15) is 0 Å². The molecule has 5 heteroatoms. The molecule has 0 aliphatic carbocycles. The molecule has 0 spiro atoms. The van der Waals surface area contributed by atoms with Gasteiger partial charge in [-0.2, -0.15) is 5.10 Å². The molecule has 7 aromatic rings. The molecule has 36 heavy (non-hydrogen) atoms. The molecule has 0 fully saturated rings. The minimum absolute atomic E-state index is 0.864. The van der Waals surface area contributed by atoms with Gasteiger partial charge in [0.2, 0.25) is 0 Å². The Kier molecular flexibility index (Phi) is 4.71. The molecule has 7 rings (SSSR count). The zero-order valence-electron chi connectivity index (χ0n) is 19.2. The van der Waals surface area contributed by atoms with Crippen molar-refractivity contribution in [3.8, 4) is 33.5 Å². The van der Waals surface area contributed by atoms with E-state index in [0.717, 1.165) is 66.2 Å². The van der Waals surface area contributed by atoms with Crippen LogP contribution in [0.15, 0.2) is 116 Å². The molecule has 0 bridgehead atoms. The second-order valence-corrected chi connectivity index (χ2v) is 8.69. The monoisotopic (exact) mass is 461 g/mol. The minimum Gasteiger partial charge on any atom is -0.256 e. The van der Waals surface area contributed by atoms with Crippen molar-refractivity contribution in [3.63, 3.8) is 0 Å². The van der Waals surface area contributed by atoms with E-state index in [1.807, 2.05) is 48.9 Å². The Bertz CT molecular complexity index is 1890. The molecule has 0 saturated carbocycles. The molecule has 0 atom stereocenters. The van der Waals surface area contributed by atoms with Gasteiger partial charge in [-0.1, -0.05) is 54.6 Å². The van der Waals surface area contributed by atoms with E-state index >= 15 is 0 Å². The largest absolute Gasteiger partial charge is 0.256 e. The highest BCUT2D eigenvalue weighted by molar-refractivity contribution is 6.04. The third kappa shape index (κ3) is 3.37. The van der Waals surface area contributed by atoms with Gasteiger partial charge >= 0.3 is 0 Å². The Labute approximate surface area is 207 Å². The molecule has 3 aromatic carbocycles. The fourth-order valence-electron chi connectivity index (χ4n) is 4.82.